The zero-order chi connectivity index (χ0) is 26.7. The Morgan fingerprint density at radius 3 is 2.06 bits per heavy atom. The van der Waals surface area contributed by atoms with E-state index >= 15 is 0 Å². The highest BCUT2D eigenvalue weighted by Crippen LogP contribution is 2.63. The Balaban J connectivity index is 1.73. The molecule has 0 aliphatic heterocycles. The van der Waals surface area contributed by atoms with Gasteiger partial charge in [-0.3, -0.25) is 9.59 Å². The van der Waals surface area contributed by atoms with E-state index in [1.165, 1.54) is 0 Å². The van der Waals surface area contributed by atoms with Crippen LogP contribution in [0.15, 0.2) is 0 Å². The summed E-state index contributed by atoms with van der Waals surface area (Å²) in [6, 6.07) is 0. The van der Waals surface area contributed by atoms with E-state index in [0.29, 0.717) is 32.1 Å². The fourth-order valence-electron chi connectivity index (χ4n) is 6.13. The van der Waals surface area contributed by atoms with Crippen LogP contribution in [-0.2, 0) is 29.2 Å². The third-order valence-electron chi connectivity index (χ3n) is 7.96. The predicted octanol–water partition coefficient (Wildman–Crippen LogP) is 4.55. The van der Waals surface area contributed by atoms with Crippen LogP contribution in [0.2, 0.25) is 0 Å². The van der Waals surface area contributed by atoms with Crippen molar-refractivity contribution in [1.29, 1.82) is 0 Å². The van der Waals surface area contributed by atoms with Gasteiger partial charge >= 0.3 is 23.4 Å². The molecule has 0 amide bonds. The molecule has 13 heteroatoms. The Bertz CT molecular complexity index is 946. The third kappa shape index (κ3) is 5.30. The van der Waals surface area contributed by atoms with Crippen LogP contribution in [0.25, 0.3) is 0 Å². The van der Waals surface area contributed by atoms with E-state index in [1.54, 1.807) is 13.8 Å². The zero-order valence-electron chi connectivity index (χ0n) is 19.8. The first-order valence-electron chi connectivity index (χ1n) is 11.6. The monoisotopic (exact) mass is 533 g/mol. The number of carbonyl (C=O) groups excluding carboxylic acids is 2. The lowest BCUT2D eigenvalue weighted by Crippen LogP contribution is -2.60. The molecule has 4 aliphatic rings. The van der Waals surface area contributed by atoms with E-state index in [-0.39, 0.29) is 18.3 Å². The summed E-state index contributed by atoms with van der Waals surface area (Å²) in [7, 11) is -6.60. The van der Waals surface area contributed by atoms with Crippen LogP contribution in [0, 0.1) is 28.6 Å². The van der Waals surface area contributed by atoms with Gasteiger partial charge in [-0.1, -0.05) is 6.92 Å². The highest BCUT2D eigenvalue weighted by atomic mass is 32.2. The molecule has 3 unspecified atom stereocenters. The van der Waals surface area contributed by atoms with Gasteiger partial charge in [0.05, 0.1) is 17.4 Å². The van der Waals surface area contributed by atoms with E-state index in [1.807, 2.05) is 6.92 Å². The van der Waals surface area contributed by atoms with Crippen LogP contribution >= 0.6 is 0 Å². The topological polar surface area (TPSA) is 110 Å². The molecule has 4 aliphatic carbocycles. The second kappa shape index (κ2) is 8.81. The van der Waals surface area contributed by atoms with E-state index in [4.69, 9.17) is 9.47 Å². The highest BCUT2D eigenvalue weighted by molar-refractivity contribution is 7.86. The van der Waals surface area contributed by atoms with Gasteiger partial charge in [-0.25, -0.2) is 8.42 Å². The lowest BCUT2D eigenvalue weighted by atomic mass is 9.48. The van der Waals surface area contributed by atoms with Crippen molar-refractivity contribution in [2.24, 2.45) is 28.6 Å². The Kier molecular flexibility index (Phi) is 7.07. The van der Waals surface area contributed by atoms with Gasteiger partial charge in [0.1, 0.15) is 11.5 Å². The van der Waals surface area contributed by atoms with Crippen molar-refractivity contribution >= 4 is 22.1 Å². The minimum Gasteiger partial charge on any atom is -0.743 e. The quantitative estimate of drug-likeness (QED) is 0.243. The van der Waals surface area contributed by atoms with Gasteiger partial charge in [0, 0.05) is 6.42 Å². The molecule has 202 valence electrons. The lowest BCUT2D eigenvalue weighted by molar-refractivity contribution is -0.227. The number of esters is 2. The highest BCUT2D eigenvalue weighted by Gasteiger charge is 2.64. The minimum absolute atomic E-state index is 0.0409. The average Bonchev–Trinajstić information content (AvgIpc) is 2.67. The number of rotatable bonds is 9. The molecule has 35 heavy (non-hydrogen) atoms. The van der Waals surface area contributed by atoms with Gasteiger partial charge in [-0.15, -0.1) is 0 Å². The maximum Gasteiger partial charge on any atom is 0.398 e. The zero-order valence-corrected chi connectivity index (χ0v) is 20.6. The number of carbonyl (C=O) groups is 2. The SMILES string of the molecule is CCC(C)(C)C(=O)OC12CC3CC(C1)CC(C(=O)OCCC(C(F)(F)F)C(F)(F)S(=O)(=O)[O-])(C3)C2. The van der Waals surface area contributed by atoms with Crippen LogP contribution in [0.3, 0.4) is 0 Å². The summed E-state index contributed by atoms with van der Waals surface area (Å²) >= 11 is 0. The van der Waals surface area contributed by atoms with Crippen LogP contribution < -0.4 is 0 Å². The average molecular weight is 534 g/mol. The number of halogens is 5. The fourth-order valence-corrected chi connectivity index (χ4v) is 6.73. The van der Waals surface area contributed by atoms with Crippen LogP contribution in [0.1, 0.15) is 72.1 Å². The molecule has 0 aromatic rings. The molecule has 4 rings (SSSR count). The molecule has 0 aromatic heterocycles. The van der Waals surface area contributed by atoms with Crippen molar-refractivity contribution in [2.75, 3.05) is 6.61 Å². The first-order chi connectivity index (χ1) is 15.8. The normalized spacial score (nSPS) is 31.8. The predicted molar refractivity (Wildman–Crippen MR) is 110 cm³/mol. The fraction of sp³-hybridized carbons (Fsp3) is 0.909. The number of hydrogen-bond acceptors (Lipinski definition) is 7. The first-order valence-corrected chi connectivity index (χ1v) is 13.0. The Morgan fingerprint density at radius 1 is 1.06 bits per heavy atom. The molecular formula is C22H30F5O7S-. The molecule has 0 spiro atoms. The van der Waals surface area contributed by atoms with Crippen molar-refractivity contribution < 1.29 is 54.0 Å². The summed E-state index contributed by atoms with van der Waals surface area (Å²) in [4.78, 5) is 25.8. The van der Waals surface area contributed by atoms with Gasteiger partial charge in [0.25, 0.3) is 0 Å². The van der Waals surface area contributed by atoms with Crippen LogP contribution in [-0.4, -0.2) is 48.5 Å². The maximum absolute atomic E-state index is 13.7. The molecule has 7 nitrogen and oxygen atoms in total. The molecular weight excluding hydrogens is 503 g/mol. The summed E-state index contributed by atoms with van der Waals surface area (Å²) in [5.41, 5.74) is -2.76. The Morgan fingerprint density at radius 2 is 1.60 bits per heavy atom. The molecule has 0 radical (unpaired) electrons. The molecule has 0 aromatic carbocycles. The van der Waals surface area contributed by atoms with Crippen LogP contribution in [0.4, 0.5) is 22.0 Å². The molecule has 4 fully saturated rings. The van der Waals surface area contributed by atoms with Crippen molar-refractivity contribution in [2.45, 2.75) is 89.2 Å². The van der Waals surface area contributed by atoms with E-state index < -0.39 is 68.9 Å². The largest absolute Gasteiger partial charge is 0.743 e. The molecule has 0 heterocycles. The summed E-state index contributed by atoms with van der Waals surface area (Å²) in [5.74, 6) is -5.01. The van der Waals surface area contributed by atoms with Gasteiger partial charge in [0.2, 0.25) is 0 Å². The van der Waals surface area contributed by atoms with Crippen LogP contribution in [0.5, 0.6) is 0 Å². The van der Waals surface area contributed by atoms with E-state index in [0.717, 1.165) is 6.42 Å². The Hall–Kier alpha value is -1.50. The second-order valence-electron chi connectivity index (χ2n) is 11.1. The lowest BCUT2D eigenvalue weighted by Gasteiger charge is -2.60. The number of alkyl halides is 5. The summed E-state index contributed by atoms with van der Waals surface area (Å²) < 4.78 is 110. The van der Waals surface area contributed by atoms with Gasteiger partial charge in [-0.2, -0.15) is 22.0 Å². The van der Waals surface area contributed by atoms with Crippen molar-refractivity contribution in [1.82, 2.24) is 0 Å². The molecule has 0 saturated heterocycles. The molecule has 4 saturated carbocycles. The Labute approximate surface area is 200 Å². The number of hydrogen-bond donors (Lipinski definition) is 0. The third-order valence-corrected chi connectivity index (χ3v) is 8.91. The minimum atomic E-state index is -6.60. The maximum atomic E-state index is 13.7. The van der Waals surface area contributed by atoms with E-state index in [9.17, 15) is 44.5 Å². The standard InChI is InChI=1S/C22H31F5O7S/c1-4-18(2,3)16(28)34-20-10-13-7-14(11-20)9-19(8-13,12-20)17(29)33-6-5-15(21(23,24)25)22(26,27)35(30,31)32/h13-15H,4-12H2,1-3H3,(H,30,31,32)/p-1. The van der Waals surface area contributed by atoms with Crippen molar-refractivity contribution in [3.63, 3.8) is 0 Å². The summed E-state index contributed by atoms with van der Waals surface area (Å²) in [6.07, 6.45) is -3.93. The van der Waals surface area contributed by atoms with Gasteiger partial charge in [-0.05, 0) is 70.6 Å². The summed E-state index contributed by atoms with van der Waals surface area (Å²) in [5, 5.41) is -5.61. The first kappa shape index (κ1) is 28.1. The van der Waals surface area contributed by atoms with Crippen molar-refractivity contribution in [3.05, 3.63) is 0 Å². The molecule has 4 bridgehead atoms. The van der Waals surface area contributed by atoms with Gasteiger partial charge in [0.15, 0.2) is 10.1 Å². The number of ether oxygens (including phenoxy) is 2. The molecule has 3 atom stereocenters. The molecule has 0 N–H and O–H groups in total. The smallest absolute Gasteiger partial charge is 0.398 e. The van der Waals surface area contributed by atoms with Crippen molar-refractivity contribution in [3.8, 4) is 0 Å². The summed E-state index contributed by atoms with van der Waals surface area (Å²) in [6.45, 7) is 4.19. The second-order valence-corrected chi connectivity index (χ2v) is 12.5. The van der Waals surface area contributed by atoms with E-state index in [2.05, 4.69) is 0 Å². The van der Waals surface area contributed by atoms with Gasteiger partial charge < -0.3 is 14.0 Å².